The van der Waals surface area contributed by atoms with Crippen molar-refractivity contribution in [1.82, 2.24) is 10.2 Å². The molecular weight excluding hydrogens is 192 g/mol. The Morgan fingerprint density at radius 1 is 1.40 bits per heavy atom. The number of carbonyl (C=O) groups excluding carboxylic acids is 1. The van der Waals surface area contributed by atoms with E-state index in [4.69, 9.17) is 4.74 Å². The lowest BCUT2D eigenvalue weighted by molar-refractivity contribution is -0.137. The topological polar surface area (TPSA) is 41.6 Å². The molecule has 0 saturated carbocycles. The van der Waals surface area contributed by atoms with Crippen LogP contribution in [0.25, 0.3) is 0 Å². The van der Waals surface area contributed by atoms with Crippen molar-refractivity contribution in [3.8, 4) is 0 Å². The number of piperazine rings is 1. The highest BCUT2D eigenvalue weighted by Gasteiger charge is 2.38. The lowest BCUT2D eigenvalue weighted by Gasteiger charge is -2.48. The molecule has 3 atom stereocenters. The molecule has 4 saturated heterocycles. The Kier molecular flexibility index (Phi) is 2.41. The molecule has 15 heavy (non-hydrogen) atoms. The molecular formula is C11H18N2O2. The Balaban J connectivity index is 1.51. The number of piperidine rings is 1. The van der Waals surface area contributed by atoms with Crippen LogP contribution >= 0.6 is 0 Å². The van der Waals surface area contributed by atoms with Crippen molar-refractivity contribution >= 4 is 5.91 Å². The molecule has 1 amide bonds. The monoisotopic (exact) mass is 210 g/mol. The summed E-state index contributed by atoms with van der Waals surface area (Å²) in [5.74, 6) is 0.290. The van der Waals surface area contributed by atoms with Crippen LogP contribution in [0.15, 0.2) is 0 Å². The van der Waals surface area contributed by atoms with Gasteiger partial charge in [0.2, 0.25) is 5.91 Å². The van der Waals surface area contributed by atoms with Crippen molar-refractivity contribution in [2.75, 3.05) is 19.7 Å². The highest BCUT2D eigenvalue weighted by Crippen LogP contribution is 2.23. The molecule has 4 nitrogen and oxygen atoms in total. The SMILES string of the molecule is O=C(CC1CCCO1)N1CC2CC(C1)N2. The third-order valence-corrected chi connectivity index (χ3v) is 3.70. The van der Waals surface area contributed by atoms with E-state index in [1.807, 2.05) is 4.90 Å². The van der Waals surface area contributed by atoms with Crippen LogP contribution in [0.1, 0.15) is 25.7 Å². The van der Waals surface area contributed by atoms with Gasteiger partial charge in [-0.1, -0.05) is 0 Å². The highest BCUT2D eigenvalue weighted by molar-refractivity contribution is 5.77. The van der Waals surface area contributed by atoms with Crippen LogP contribution in [0.3, 0.4) is 0 Å². The van der Waals surface area contributed by atoms with E-state index >= 15 is 0 Å². The van der Waals surface area contributed by atoms with Crippen LogP contribution in [0, 0.1) is 0 Å². The molecule has 4 aliphatic heterocycles. The number of hydrogen-bond donors (Lipinski definition) is 1. The molecule has 0 aromatic heterocycles. The quantitative estimate of drug-likeness (QED) is 0.704. The van der Waals surface area contributed by atoms with Gasteiger partial charge in [0.05, 0.1) is 12.5 Å². The normalized spacial score (nSPS) is 38.9. The van der Waals surface area contributed by atoms with Gasteiger partial charge in [0.1, 0.15) is 0 Å². The minimum absolute atomic E-state index is 0.198. The Morgan fingerprint density at radius 3 is 2.73 bits per heavy atom. The third-order valence-electron chi connectivity index (χ3n) is 3.70. The second-order valence-corrected chi connectivity index (χ2v) is 4.93. The minimum atomic E-state index is 0.198. The smallest absolute Gasteiger partial charge is 0.225 e. The van der Waals surface area contributed by atoms with Gasteiger partial charge in [0.25, 0.3) is 0 Å². The summed E-state index contributed by atoms with van der Waals surface area (Å²) in [4.78, 5) is 13.9. The number of nitrogens with one attached hydrogen (secondary N) is 1. The second kappa shape index (κ2) is 3.76. The fourth-order valence-electron chi connectivity index (χ4n) is 2.85. The van der Waals surface area contributed by atoms with Crippen LogP contribution in [0.4, 0.5) is 0 Å². The maximum absolute atomic E-state index is 11.9. The molecule has 3 unspecified atom stereocenters. The zero-order valence-electron chi connectivity index (χ0n) is 8.95. The van der Waals surface area contributed by atoms with Gasteiger partial charge in [-0.25, -0.2) is 0 Å². The van der Waals surface area contributed by atoms with Crippen LogP contribution in [-0.2, 0) is 9.53 Å². The van der Waals surface area contributed by atoms with Crippen LogP contribution in [0.5, 0.6) is 0 Å². The first kappa shape index (κ1) is 9.60. The van der Waals surface area contributed by atoms with Crippen LogP contribution in [0.2, 0.25) is 0 Å². The number of ether oxygens (including phenoxy) is 1. The average Bonchev–Trinajstić information content (AvgIpc) is 2.69. The molecule has 0 aromatic carbocycles. The van der Waals surface area contributed by atoms with Gasteiger partial charge in [-0.05, 0) is 19.3 Å². The minimum Gasteiger partial charge on any atom is -0.378 e. The van der Waals surface area contributed by atoms with Crippen molar-refractivity contribution in [2.24, 2.45) is 0 Å². The molecule has 0 aromatic rings. The molecule has 4 aliphatic rings. The van der Waals surface area contributed by atoms with Crippen LogP contribution in [-0.4, -0.2) is 48.7 Å². The van der Waals surface area contributed by atoms with E-state index in [0.29, 0.717) is 18.5 Å². The number of fused-ring (bicyclic) bond motifs is 2. The number of rotatable bonds is 2. The first-order valence-corrected chi connectivity index (χ1v) is 5.96. The van der Waals surface area contributed by atoms with E-state index in [2.05, 4.69) is 5.32 Å². The second-order valence-electron chi connectivity index (χ2n) is 4.93. The van der Waals surface area contributed by atoms with E-state index in [9.17, 15) is 4.79 Å². The van der Waals surface area contributed by atoms with Gasteiger partial charge in [-0.2, -0.15) is 0 Å². The largest absolute Gasteiger partial charge is 0.378 e. The van der Waals surface area contributed by atoms with Crippen molar-refractivity contribution < 1.29 is 9.53 Å². The zero-order chi connectivity index (χ0) is 10.3. The molecule has 4 rings (SSSR count). The number of carbonyl (C=O) groups is 1. The van der Waals surface area contributed by atoms with Crippen molar-refractivity contribution in [2.45, 2.75) is 43.9 Å². The van der Waals surface area contributed by atoms with Gasteiger partial charge < -0.3 is 15.0 Å². The summed E-state index contributed by atoms with van der Waals surface area (Å²) in [6, 6.07) is 1.13. The first-order chi connectivity index (χ1) is 7.31. The van der Waals surface area contributed by atoms with Gasteiger partial charge in [0.15, 0.2) is 0 Å². The van der Waals surface area contributed by atoms with Gasteiger partial charge in [0, 0.05) is 31.8 Å². The van der Waals surface area contributed by atoms with Crippen LogP contribution < -0.4 is 5.32 Å². The fraction of sp³-hybridized carbons (Fsp3) is 0.909. The predicted octanol–water partition coefficient (Wildman–Crippen LogP) is 0.128. The van der Waals surface area contributed by atoms with E-state index < -0.39 is 0 Å². The number of nitrogens with zero attached hydrogens (tertiary/aromatic N) is 1. The summed E-state index contributed by atoms with van der Waals surface area (Å²) < 4.78 is 5.49. The summed E-state index contributed by atoms with van der Waals surface area (Å²) in [7, 11) is 0. The standard InChI is InChI=1S/C11H18N2O2/c14-11(5-10-2-1-3-15-10)13-6-8-4-9(7-13)12-8/h8-10,12H,1-7H2. The van der Waals surface area contributed by atoms with Gasteiger partial charge >= 0.3 is 0 Å². The molecule has 4 heterocycles. The van der Waals surface area contributed by atoms with E-state index in [1.54, 1.807) is 0 Å². The summed E-state index contributed by atoms with van der Waals surface area (Å²) in [5.41, 5.74) is 0. The maximum atomic E-state index is 11.9. The molecule has 84 valence electrons. The van der Waals surface area contributed by atoms with E-state index in [1.165, 1.54) is 6.42 Å². The lowest BCUT2D eigenvalue weighted by Crippen LogP contribution is -2.67. The van der Waals surface area contributed by atoms with E-state index in [0.717, 1.165) is 32.5 Å². The maximum Gasteiger partial charge on any atom is 0.225 e. The molecule has 2 bridgehead atoms. The third kappa shape index (κ3) is 1.88. The highest BCUT2D eigenvalue weighted by atomic mass is 16.5. The van der Waals surface area contributed by atoms with Crippen molar-refractivity contribution in [3.63, 3.8) is 0 Å². The molecule has 4 heteroatoms. The number of amides is 1. The molecule has 0 aliphatic carbocycles. The summed E-state index contributed by atoms with van der Waals surface area (Å²) in [6.45, 7) is 2.65. The Hall–Kier alpha value is -0.610. The molecule has 4 fully saturated rings. The molecule has 1 N–H and O–H groups in total. The van der Waals surface area contributed by atoms with Gasteiger partial charge in [-0.3, -0.25) is 4.79 Å². The Bertz CT molecular complexity index is 247. The predicted molar refractivity (Wildman–Crippen MR) is 55.5 cm³/mol. The first-order valence-electron chi connectivity index (χ1n) is 5.96. The molecule has 0 radical (unpaired) electrons. The average molecular weight is 210 g/mol. The summed E-state index contributed by atoms with van der Waals surface area (Å²) in [6.07, 6.45) is 4.22. The van der Waals surface area contributed by atoms with Crippen molar-refractivity contribution in [3.05, 3.63) is 0 Å². The lowest BCUT2D eigenvalue weighted by atomic mass is 9.91. The summed E-state index contributed by atoms with van der Waals surface area (Å²) >= 11 is 0. The Labute approximate surface area is 90.0 Å². The Morgan fingerprint density at radius 2 is 2.13 bits per heavy atom. The zero-order valence-corrected chi connectivity index (χ0v) is 8.95. The molecule has 0 spiro atoms. The number of hydrogen-bond acceptors (Lipinski definition) is 3. The van der Waals surface area contributed by atoms with E-state index in [-0.39, 0.29) is 12.0 Å². The fourth-order valence-corrected chi connectivity index (χ4v) is 2.85. The van der Waals surface area contributed by atoms with Crippen molar-refractivity contribution in [1.29, 1.82) is 0 Å². The summed E-state index contributed by atoms with van der Waals surface area (Å²) in [5, 5.41) is 3.43. The van der Waals surface area contributed by atoms with Gasteiger partial charge in [-0.15, -0.1) is 0 Å².